The van der Waals surface area contributed by atoms with Gasteiger partial charge in [-0.3, -0.25) is 9.10 Å². The molecular weight excluding hydrogens is 566 g/mol. The number of aliphatic carboxylic acids is 1. The van der Waals surface area contributed by atoms with Crippen LogP contribution in [-0.4, -0.2) is 32.6 Å². The minimum Gasteiger partial charge on any atom is -0.489 e. The lowest BCUT2D eigenvalue weighted by Crippen LogP contribution is -2.38. The largest absolute Gasteiger partial charge is 0.489 e. The molecular formula is C26H24Cl2F3NO5S. The number of hydrogen-bond acceptors (Lipinski definition) is 4. The molecule has 0 amide bonds. The predicted molar refractivity (Wildman–Crippen MR) is 140 cm³/mol. The van der Waals surface area contributed by atoms with E-state index in [1.165, 1.54) is 0 Å². The second kappa shape index (κ2) is 11.0. The van der Waals surface area contributed by atoms with Gasteiger partial charge in [0.05, 0.1) is 28.1 Å². The molecule has 0 bridgehead atoms. The smallest absolute Gasteiger partial charge is 0.416 e. The summed E-state index contributed by atoms with van der Waals surface area (Å²) in [5, 5.41) is 8.99. The van der Waals surface area contributed by atoms with Crippen LogP contribution >= 0.6 is 23.2 Å². The molecule has 0 radical (unpaired) electrons. The Labute approximate surface area is 228 Å². The number of alkyl halides is 3. The first-order chi connectivity index (χ1) is 17.5. The Morgan fingerprint density at radius 1 is 0.974 bits per heavy atom. The first-order valence-corrected chi connectivity index (χ1v) is 13.4. The molecule has 0 unspecified atom stereocenters. The molecule has 3 aromatic rings. The molecule has 6 nitrogen and oxygen atoms in total. The number of halogens is 5. The Bertz CT molecular complexity index is 1430. The predicted octanol–water partition coefficient (Wildman–Crippen LogP) is 7.38. The van der Waals surface area contributed by atoms with Crippen LogP contribution in [0.4, 0.5) is 18.9 Å². The average Bonchev–Trinajstić information content (AvgIpc) is 2.83. The van der Waals surface area contributed by atoms with E-state index in [4.69, 9.17) is 33.0 Å². The highest BCUT2D eigenvalue weighted by molar-refractivity contribution is 7.92. The fourth-order valence-electron chi connectivity index (χ4n) is 3.33. The van der Waals surface area contributed by atoms with Crippen molar-refractivity contribution in [2.45, 2.75) is 31.8 Å². The van der Waals surface area contributed by atoms with Crippen LogP contribution in [0, 0.1) is 5.41 Å². The van der Waals surface area contributed by atoms with Crippen LogP contribution in [0.3, 0.4) is 0 Å². The number of carbonyl (C=O) groups is 1. The third-order valence-electron chi connectivity index (χ3n) is 5.42. The number of fused-ring (bicyclic) bond motifs is 1. The van der Waals surface area contributed by atoms with Crippen molar-refractivity contribution in [3.8, 4) is 16.9 Å². The number of ether oxygens (including phenoxy) is 1. The number of nitrogens with zero attached hydrogens (tertiary/aromatic N) is 1. The Morgan fingerprint density at radius 2 is 1.55 bits per heavy atom. The lowest BCUT2D eigenvalue weighted by Gasteiger charge is -2.31. The molecule has 12 heteroatoms. The molecule has 4 rings (SSSR count). The lowest BCUT2D eigenvalue weighted by atomic mass is 9.98. The first kappa shape index (κ1) is 29.6. The zero-order valence-electron chi connectivity index (χ0n) is 20.5. The normalized spacial score (nSPS) is 13.6. The van der Waals surface area contributed by atoms with Crippen molar-refractivity contribution in [2.24, 2.45) is 5.41 Å². The number of benzene rings is 3. The molecule has 38 heavy (non-hydrogen) atoms. The summed E-state index contributed by atoms with van der Waals surface area (Å²) in [6.07, 6.45) is -4.66. The SMILES string of the molecule is CC(C)(C)C(=O)O.O=S(=O)(c1cccc(C(F)(F)F)c1)N1CCOc2ccc(-c3c(Cl)cccc3Cl)cc21. The van der Waals surface area contributed by atoms with E-state index in [0.29, 0.717) is 27.2 Å². The summed E-state index contributed by atoms with van der Waals surface area (Å²) in [6.45, 7) is 4.97. The number of hydrogen-bond donors (Lipinski definition) is 1. The number of sulfonamides is 1. The van der Waals surface area contributed by atoms with Crippen LogP contribution in [0.1, 0.15) is 26.3 Å². The summed E-state index contributed by atoms with van der Waals surface area (Å²) >= 11 is 12.6. The van der Waals surface area contributed by atoms with E-state index in [9.17, 15) is 26.4 Å². The van der Waals surface area contributed by atoms with Crippen LogP contribution in [-0.2, 0) is 21.0 Å². The molecule has 0 atom stereocenters. The lowest BCUT2D eigenvalue weighted by molar-refractivity contribution is -0.145. The van der Waals surface area contributed by atoms with Crippen LogP contribution in [0.25, 0.3) is 11.1 Å². The van der Waals surface area contributed by atoms with Gasteiger partial charge < -0.3 is 9.84 Å². The Balaban J connectivity index is 0.000000505. The van der Waals surface area contributed by atoms with E-state index in [1.54, 1.807) is 57.2 Å². The van der Waals surface area contributed by atoms with Gasteiger partial charge >= 0.3 is 12.1 Å². The summed E-state index contributed by atoms with van der Waals surface area (Å²) in [6, 6.07) is 13.4. The highest BCUT2D eigenvalue weighted by Gasteiger charge is 2.35. The minimum atomic E-state index is -4.66. The molecule has 1 aliphatic rings. The standard InChI is InChI=1S/C21H14Cl2F3NO3S.C5H10O2/c22-16-5-2-6-17(23)20(16)13-7-8-19-18(11-13)27(9-10-30-19)31(28,29)15-4-1-3-14(12-15)21(24,25)26;1-5(2,3)4(6)7/h1-8,11-12H,9-10H2;1-3H3,(H,6,7). The molecule has 3 aromatic carbocycles. The topological polar surface area (TPSA) is 83.9 Å². The van der Waals surface area contributed by atoms with E-state index in [2.05, 4.69) is 0 Å². The van der Waals surface area contributed by atoms with E-state index in [1.807, 2.05) is 0 Å². The van der Waals surface area contributed by atoms with Crippen molar-refractivity contribution >= 4 is 44.9 Å². The zero-order valence-corrected chi connectivity index (χ0v) is 22.8. The summed E-state index contributed by atoms with van der Waals surface area (Å²) in [5.74, 6) is -0.471. The summed E-state index contributed by atoms with van der Waals surface area (Å²) in [4.78, 5) is 9.56. The molecule has 0 saturated carbocycles. The van der Waals surface area contributed by atoms with Crippen molar-refractivity contribution in [1.29, 1.82) is 0 Å². The summed E-state index contributed by atoms with van der Waals surface area (Å²) < 4.78 is 72.4. The maximum absolute atomic E-state index is 13.3. The molecule has 1 N–H and O–H groups in total. The quantitative estimate of drug-likeness (QED) is 0.344. The van der Waals surface area contributed by atoms with Gasteiger partial charge in [0, 0.05) is 15.6 Å². The fraction of sp³-hybridized carbons (Fsp3) is 0.269. The second-order valence-electron chi connectivity index (χ2n) is 9.29. The maximum atomic E-state index is 13.3. The highest BCUT2D eigenvalue weighted by Crippen LogP contribution is 2.42. The van der Waals surface area contributed by atoms with Crippen molar-refractivity contribution in [3.05, 3.63) is 76.3 Å². The number of anilines is 1. The van der Waals surface area contributed by atoms with Gasteiger partial charge in [0.15, 0.2) is 0 Å². The number of carboxylic acid groups (broad SMARTS) is 1. The van der Waals surface area contributed by atoms with Gasteiger partial charge in [-0.05, 0) is 68.8 Å². The maximum Gasteiger partial charge on any atom is 0.416 e. The van der Waals surface area contributed by atoms with Gasteiger partial charge in [-0.1, -0.05) is 41.4 Å². The van der Waals surface area contributed by atoms with E-state index in [0.717, 1.165) is 22.5 Å². The van der Waals surface area contributed by atoms with Gasteiger partial charge in [0.2, 0.25) is 0 Å². The van der Waals surface area contributed by atoms with Gasteiger partial charge in [-0.15, -0.1) is 0 Å². The Kier molecular flexibility index (Phi) is 8.60. The summed E-state index contributed by atoms with van der Waals surface area (Å²) in [7, 11) is -4.29. The molecule has 0 fully saturated rings. The van der Waals surface area contributed by atoms with Crippen LogP contribution in [0.15, 0.2) is 65.6 Å². The molecule has 204 valence electrons. The van der Waals surface area contributed by atoms with Gasteiger partial charge in [0.1, 0.15) is 12.4 Å². The van der Waals surface area contributed by atoms with Crippen LogP contribution < -0.4 is 9.04 Å². The van der Waals surface area contributed by atoms with E-state index in [-0.39, 0.29) is 24.6 Å². The van der Waals surface area contributed by atoms with Gasteiger partial charge in [-0.2, -0.15) is 13.2 Å². The molecule has 0 aromatic heterocycles. The van der Waals surface area contributed by atoms with Crippen molar-refractivity contribution in [1.82, 2.24) is 0 Å². The molecule has 0 aliphatic carbocycles. The van der Waals surface area contributed by atoms with E-state index < -0.39 is 38.0 Å². The molecule has 1 aliphatic heterocycles. The van der Waals surface area contributed by atoms with Crippen LogP contribution in [0.2, 0.25) is 10.0 Å². The zero-order chi connectivity index (χ0) is 28.5. The van der Waals surface area contributed by atoms with Crippen molar-refractivity contribution < 1.29 is 36.2 Å². The third-order valence-corrected chi connectivity index (χ3v) is 7.86. The first-order valence-electron chi connectivity index (χ1n) is 11.2. The third kappa shape index (κ3) is 6.54. The highest BCUT2D eigenvalue weighted by atomic mass is 35.5. The second-order valence-corrected chi connectivity index (χ2v) is 12.0. The summed E-state index contributed by atoms with van der Waals surface area (Å²) in [5.41, 5.74) is -0.379. The van der Waals surface area contributed by atoms with Gasteiger partial charge in [-0.25, -0.2) is 8.42 Å². The molecule has 0 spiro atoms. The van der Waals surface area contributed by atoms with Crippen molar-refractivity contribution in [3.63, 3.8) is 0 Å². The average molecular weight is 590 g/mol. The number of carboxylic acids is 1. The Hall–Kier alpha value is -2.95. The Morgan fingerprint density at radius 3 is 2.11 bits per heavy atom. The van der Waals surface area contributed by atoms with Crippen molar-refractivity contribution in [2.75, 3.05) is 17.5 Å². The van der Waals surface area contributed by atoms with E-state index >= 15 is 0 Å². The molecule has 1 heterocycles. The minimum absolute atomic E-state index is 0.0530. The molecule has 0 saturated heterocycles. The van der Waals surface area contributed by atoms with Gasteiger partial charge in [0.25, 0.3) is 10.0 Å². The monoisotopic (exact) mass is 589 g/mol. The van der Waals surface area contributed by atoms with Crippen LogP contribution in [0.5, 0.6) is 5.75 Å². The number of rotatable bonds is 3. The fourth-order valence-corrected chi connectivity index (χ4v) is 5.45.